The molecule has 0 atom stereocenters. The summed E-state index contributed by atoms with van der Waals surface area (Å²) in [5, 5.41) is 0.991. The summed E-state index contributed by atoms with van der Waals surface area (Å²) in [4.78, 5) is 14.0. The largest absolute Gasteiger partial charge is 0.444 e. The van der Waals surface area contributed by atoms with Crippen molar-refractivity contribution in [3.63, 3.8) is 0 Å². The molecule has 0 spiro atoms. The van der Waals surface area contributed by atoms with Gasteiger partial charge in [0.15, 0.2) is 0 Å². The van der Waals surface area contributed by atoms with E-state index in [-0.39, 0.29) is 0 Å². The van der Waals surface area contributed by atoms with Gasteiger partial charge in [-0.25, -0.2) is 4.79 Å². The number of rotatable bonds is 5. The van der Waals surface area contributed by atoms with Crippen molar-refractivity contribution in [2.24, 2.45) is 0 Å². The standard InChI is InChI=1S/C18H25Cl2NO3/c1-17(2,3)24-16(22)21(18(4,5)23-6)11-7-8-13-9-10-14(19)15(20)12-13/h7-10,12H,11H2,1-6H3/b8-7+. The van der Waals surface area contributed by atoms with Crippen LogP contribution < -0.4 is 0 Å². The van der Waals surface area contributed by atoms with Gasteiger partial charge in [-0.2, -0.15) is 0 Å². The van der Waals surface area contributed by atoms with Crippen molar-refractivity contribution in [3.8, 4) is 0 Å². The highest BCUT2D eigenvalue weighted by Gasteiger charge is 2.33. The minimum absolute atomic E-state index is 0.329. The van der Waals surface area contributed by atoms with E-state index in [0.29, 0.717) is 16.6 Å². The van der Waals surface area contributed by atoms with Crippen molar-refractivity contribution < 1.29 is 14.3 Å². The molecule has 134 valence electrons. The summed E-state index contributed by atoms with van der Waals surface area (Å²) in [6.07, 6.45) is 3.28. The van der Waals surface area contributed by atoms with Gasteiger partial charge in [-0.3, -0.25) is 4.90 Å². The fraction of sp³-hybridized carbons (Fsp3) is 0.500. The summed E-state index contributed by atoms with van der Waals surface area (Å²) in [5.74, 6) is 0. The number of carbonyl (C=O) groups is 1. The van der Waals surface area contributed by atoms with Gasteiger partial charge in [0.25, 0.3) is 0 Å². The molecule has 0 aliphatic carbocycles. The third-order valence-electron chi connectivity index (χ3n) is 3.31. The highest BCUT2D eigenvalue weighted by molar-refractivity contribution is 6.42. The Labute approximate surface area is 154 Å². The Kier molecular flexibility index (Phi) is 7.14. The second-order valence-corrected chi connectivity index (χ2v) is 7.63. The smallest absolute Gasteiger partial charge is 0.412 e. The maximum absolute atomic E-state index is 12.5. The molecule has 4 nitrogen and oxygen atoms in total. The maximum Gasteiger partial charge on any atom is 0.412 e. The van der Waals surface area contributed by atoms with Crippen molar-refractivity contribution in [1.29, 1.82) is 0 Å². The molecular formula is C18H25Cl2NO3. The van der Waals surface area contributed by atoms with Crippen LogP contribution >= 0.6 is 23.2 Å². The average Bonchev–Trinajstić information content (AvgIpc) is 2.45. The quantitative estimate of drug-likeness (QED) is 0.628. The third-order valence-corrected chi connectivity index (χ3v) is 4.04. The van der Waals surface area contributed by atoms with Crippen LogP contribution in [0.3, 0.4) is 0 Å². The van der Waals surface area contributed by atoms with Crippen molar-refractivity contribution in [2.75, 3.05) is 13.7 Å². The van der Waals surface area contributed by atoms with Gasteiger partial charge in [0, 0.05) is 13.7 Å². The Bertz CT molecular complexity index is 607. The van der Waals surface area contributed by atoms with E-state index in [1.54, 1.807) is 19.2 Å². The molecule has 0 unspecified atom stereocenters. The van der Waals surface area contributed by atoms with Gasteiger partial charge in [0.05, 0.1) is 10.0 Å². The summed E-state index contributed by atoms with van der Waals surface area (Å²) in [6.45, 7) is 9.43. The van der Waals surface area contributed by atoms with Crippen molar-refractivity contribution >= 4 is 35.4 Å². The van der Waals surface area contributed by atoms with E-state index in [1.165, 1.54) is 4.90 Å². The van der Waals surface area contributed by atoms with Gasteiger partial charge in [0.2, 0.25) is 0 Å². The van der Waals surface area contributed by atoms with E-state index in [4.69, 9.17) is 32.7 Å². The first-order chi connectivity index (χ1) is 11.0. The van der Waals surface area contributed by atoms with Crippen LogP contribution in [0, 0.1) is 0 Å². The number of hydrogen-bond acceptors (Lipinski definition) is 3. The van der Waals surface area contributed by atoms with Crippen LogP contribution in [0.4, 0.5) is 4.79 Å². The monoisotopic (exact) mass is 373 g/mol. The summed E-state index contributed by atoms with van der Waals surface area (Å²) < 4.78 is 10.9. The lowest BCUT2D eigenvalue weighted by Gasteiger charge is -2.37. The van der Waals surface area contributed by atoms with Crippen LogP contribution in [0.1, 0.15) is 40.2 Å². The fourth-order valence-corrected chi connectivity index (χ4v) is 2.16. The predicted octanol–water partition coefficient (Wildman–Crippen LogP) is 5.63. The maximum atomic E-state index is 12.5. The Morgan fingerprint density at radius 3 is 2.29 bits per heavy atom. The molecule has 1 rings (SSSR count). The number of benzene rings is 1. The van der Waals surface area contributed by atoms with E-state index < -0.39 is 17.4 Å². The SMILES string of the molecule is COC(C)(C)N(C/C=C/c1ccc(Cl)c(Cl)c1)C(=O)OC(C)(C)C. The zero-order valence-corrected chi connectivity index (χ0v) is 16.5. The van der Waals surface area contributed by atoms with Crippen molar-refractivity contribution in [2.45, 2.75) is 45.9 Å². The zero-order valence-electron chi connectivity index (χ0n) is 15.0. The topological polar surface area (TPSA) is 38.8 Å². The third kappa shape index (κ3) is 6.34. The molecular weight excluding hydrogens is 349 g/mol. The summed E-state index contributed by atoms with van der Waals surface area (Å²) in [5.41, 5.74) is -0.486. The molecule has 0 aliphatic rings. The fourth-order valence-electron chi connectivity index (χ4n) is 1.85. The second kappa shape index (κ2) is 8.24. The Morgan fingerprint density at radius 2 is 1.79 bits per heavy atom. The average molecular weight is 374 g/mol. The summed E-state index contributed by atoms with van der Waals surface area (Å²) in [6, 6.07) is 5.35. The lowest BCUT2D eigenvalue weighted by Crippen LogP contribution is -2.50. The number of halogens is 2. The summed E-state index contributed by atoms with van der Waals surface area (Å²) in [7, 11) is 1.56. The van der Waals surface area contributed by atoms with Crippen LogP contribution in [0.5, 0.6) is 0 Å². The first-order valence-electron chi connectivity index (χ1n) is 7.63. The Balaban J connectivity index is 2.91. The summed E-state index contributed by atoms with van der Waals surface area (Å²) >= 11 is 11.9. The lowest BCUT2D eigenvalue weighted by atomic mass is 10.2. The zero-order chi connectivity index (χ0) is 18.5. The van der Waals surface area contributed by atoms with E-state index in [0.717, 1.165) is 5.56 Å². The molecule has 0 radical (unpaired) electrons. The molecule has 1 amide bonds. The molecule has 24 heavy (non-hydrogen) atoms. The van der Waals surface area contributed by atoms with Gasteiger partial charge >= 0.3 is 6.09 Å². The van der Waals surface area contributed by atoms with E-state index in [2.05, 4.69) is 0 Å². The minimum Gasteiger partial charge on any atom is -0.444 e. The molecule has 0 saturated carbocycles. The van der Waals surface area contributed by atoms with E-state index in [9.17, 15) is 4.79 Å². The molecule has 0 fully saturated rings. The molecule has 0 saturated heterocycles. The Hall–Kier alpha value is -1.23. The van der Waals surface area contributed by atoms with Crippen molar-refractivity contribution in [1.82, 2.24) is 4.90 Å². The van der Waals surface area contributed by atoms with Crippen molar-refractivity contribution in [3.05, 3.63) is 39.9 Å². The molecule has 0 bridgehead atoms. The van der Waals surface area contributed by atoms with Crippen LogP contribution in [0.15, 0.2) is 24.3 Å². The molecule has 6 heteroatoms. The van der Waals surface area contributed by atoms with Gasteiger partial charge in [-0.05, 0) is 52.3 Å². The van der Waals surface area contributed by atoms with Gasteiger partial charge in [-0.1, -0.05) is 41.4 Å². The molecule has 0 aromatic heterocycles. The van der Waals surface area contributed by atoms with E-state index >= 15 is 0 Å². The number of methoxy groups -OCH3 is 1. The number of amides is 1. The Morgan fingerprint density at radius 1 is 1.17 bits per heavy atom. The van der Waals surface area contributed by atoms with Crippen LogP contribution in [-0.2, 0) is 9.47 Å². The highest BCUT2D eigenvalue weighted by Crippen LogP contribution is 2.24. The second-order valence-electron chi connectivity index (χ2n) is 6.82. The number of ether oxygens (including phenoxy) is 2. The minimum atomic E-state index is -0.801. The predicted molar refractivity (Wildman–Crippen MR) is 99.5 cm³/mol. The van der Waals surface area contributed by atoms with Gasteiger partial charge < -0.3 is 9.47 Å². The lowest BCUT2D eigenvalue weighted by molar-refractivity contribution is -0.102. The van der Waals surface area contributed by atoms with Gasteiger partial charge in [-0.15, -0.1) is 0 Å². The number of nitrogens with zero attached hydrogens (tertiary/aromatic N) is 1. The molecule has 0 aliphatic heterocycles. The molecule has 1 aromatic carbocycles. The number of carbonyl (C=O) groups excluding carboxylic acids is 1. The highest BCUT2D eigenvalue weighted by atomic mass is 35.5. The first-order valence-corrected chi connectivity index (χ1v) is 8.39. The van der Waals surface area contributed by atoms with Gasteiger partial charge in [0.1, 0.15) is 11.3 Å². The molecule has 0 N–H and O–H groups in total. The normalized spacial score (nSPS) is 12.5. The molecule has 0 heterocycles. The number of hydrogen-bond donors (Lipinski definition) is 0. The van der Waals surface area contributed by atoms with E-state index in [1.807, 2.05) is 52.8 Å². The molecule has 1 aromatic rings. The van der Waals surface area contributed by atoms with Crippen LogP contribution in [0.25, 0.3) is 6.08 Å². The van der Waals surface area contributed by atoms with Crippen LogP contribution in [0.2, 0.25) is 10.0 Å². The van der Waals surface area contributed by atoms with Crippen LogP contribution in [-0.4, -0.2) is 36.0 Å². The first kappa shape index (κ1) is 20.8.